The average molecular weight is 341 g/mol. The highest BCUT2D eigenvalue weighted by molar-refractivity contribution is 5.94. The Kier molecular flexibility index (Phi) is 6.58. The van der Waals surface area contributed by atoms with E-state index in [0.29, 0.717) is 13.1 Å². The SMILES string of the molecule is CC#CC(=O)N1CCCC(CCCc2ccccn2)(C(=O)N(C)C)C1. The smallest absolute Gasteiger partial charge is 0.298 e. The van der Waals surface area contributed by atoms with Crippen molar-refractivity contribution in [3.05, 3.63) is 30.1 Å². The summed E-state index contributed by atoms with van der Waals surface area (Å²) >= 11 is 0. The number of aromatic nitrogens is 1. The summed E-state index contributed by atoms with van der Waals surface area (Å²) in [6, 6.07) is 5.89. The molecule has 0 radical (unpaired) electrons. The van der Waals surface area contributed by atoms with E-state index in [1.54, 1.807) is 37.0 Å². The molecule has 1 aromatic rings. The van der Waals surface area contributed by atoms with Gasteiger partial charge in [0.15, 0.2) is 0 Å². The van der Waals surface area contributed by atoms with Crippen LogP contribution >= 0.6 is 0 Å². The van der Waals surface area contributed by atoms with Gasteiger partial charge >= 0.3 is 0 Å². The first-order valence-electron chi connectivity index (χ1n) is 8.82. The molecule has 1 aliphatic heterocycles. The lowest BCUT2D eigenvalue weighted by Crippen LogP contribution is -2.53. The third kappa shape index (κ3) is 4.82. The summed E-state index contributed by atoms with van der Waals surface area (Å²) in [5.41, 5.74) is 0.525. The molecule has 0 aromatic carbocycles. The van der Waals surface area contributed by atoms with Gasteiger partial charge in [-0.3, -0.25) is 14.6 Å². The van der Waals surface area contributed by atoms with Crippen LogP contribution in [0.15, 0.2) is 24.4 Å². The number of pyridine rings is 1. The number of rotatable bonds is 5. The van der Waals surface area contributed by atoms with Gasteiger partial charge in [-0.05, 0) is 57.1 Å². The molecule has 2 heterocycles. The number of nitrogens with zero attached hydrogens (tertiary/aromatic N) is 3. The molecule has 2 amide bonds. The van der Waals surface area contributed by atoms with Crippen LogP contribution in [0.4, 0.5) is 0 Å². The van der Waals surface area contributed by atoms with E-state index < -0.39 is 5.41 Å². The van der Waals surface area contributed by atoms with E-state index in [-0.39, 0.29) is 11.8 Å². The number of carbonyl (C=O) groups is 2. The van der Waals surface area contributed by atoms with Crippen LogP contribution in [-0.2, 0) is 16.0 Å². The summed E-state index contributed by atoms with van der Waals surface area (Å²) in [7, 11) is 3.57. The molecule has 5 heteroatoms. The summed E-state index contributed by atoms with van der Waals surface area (Å²) in [4.78, 5) is 32.9. The highest BCUT2D eigenvalue weighted by Crippen LogP contribution is 2.36. The molecular weight excluding hydrogens is 314 g/mol. The Hall–Kier alpha value is -2.35. The van der Waals surface area contributed by atoms with Crippen molar-refractivity contribution in [2.45, 2.75) is 39.0 Å². The Balaban J connectivity index is 2.11. The van der Waals surface area contributed by atoms with Crippen molar-refractivity contribution in [1.29, 1.82) is 0 Å². The first-order chi connectivity index (χ1) is 12.0. The first kappa shape index (κ1) is 19.0. The van der Waals surface area contributed by atoms with E-state index in [4.69, 9.17) is 0 Å². The highest BCUT2D eigenvalue weighted by atomic mass is 16.2. The number of hydrogen-bond donors (Lipinski definition) is 0. The molecule has 1 atom stereocenters. The van der Waals surface area contributed by atoms with E-state index in [9.17, 15) is 9.59 Å². The molecule has 0 bridgehead atoms. The van der Waals surface area contributed by atoms with Crippen molar-refractivity contribution in [3.8, 4) is 11.8 Å². The summed E-state index contributed by atoms with van der Waals surface area (Å²) in [6.45, 7) is 2.79. The number of amides is 2. The molecule has 0 saturated carbocycles. The molecule has 0 aliphatic carbocycles. The minimum atomic E-state index is -0.512. The minimum Gasteiger partial charge on any atom is -0.348 e. The number of piperidine rings is 1. The number of hydrogen-bond acceptors (Lipinski definition) is 3. The Morgan fingerprint density at radius 2 is 2.16 bits per heavy atom. The fourth-order valence-electron chi connectivity index (χ4n) is 3.60. The van der Waals surface area contributed by atoms with E-state index >= 15 is 0 Å². The highest BCUT2D eigenvalue weighted by Gasteiger charge is 2.43. The maximum absolute atomic E-state index is 12.9. The molecular formula is C20H27N3O2. The Morgan fingerprint density at radius 1 is 1.36 bits per heavy atom. The second-order valence-corrected chi connectivity index (χ2v) is 6.86. The van der Waals surface area contributed by atoms with Gasteiger partial charge in [0, 0.05) is 39.1 Å². The monoisotopic (exact) mass is 341 g/mol. The fourth-order valence-corrected chi connectivity index (χ4v) is 3.60. The second kappa shape index (κ2) is 8.66. The van der Waals surface area contributed by atoms with Gasteiger partial charge in [-0.1, -0.05) is 12.0 Å². The van der Waals surface area contributed by atoms with Crippen LogP contribution in [0.3, 0.4) is 0 Å². The zero-order chi connectivity index (χ0) is 18.3. The Morgan fingerprint density at radius 3 is 2.80 bits per heavy atom. The lowest BCUT2D eigenvalue weighted by Gasteiger charge is -2.42. The average Bonchev–Trinajstić information content (AvgIpc) is 2.62. The van der Waals surface area contributed by atoms with Crippen LogP contribution < -0.4 is 0 Å². The molecule has 134 valence electrons. The van der Waals surface area contributed by atoms with Crippen LogP contribution in [0, 0.1) is 17.3 Å². The molecule has 25 heavy (non-hydrogen) atoms. The molecule has 1 saturated heterocycles. The van der Waals surface area contributed by atoms with Crippen molar-refractivity contribution < 1.29 is 9.59 Å². The van der Waals surface area contributed by atoms with Crippen molar-refractivity contribution in [3.63, 3.8) is 0 Å². The van der Waals surface area contributed by atoms with Crippen LogP contribution in [0.2, 0.25) is 0 Å². The summed E-state index contributed by atoms with van der Waals surface area (Å²) < 4.78 is 0. The predicted octanol–water partition coefficient (Wildman–Crippen LogP) is 2.12. The third-order valence-electron chi connectivity index (χ3n) is 4.77. The molecule has 1 aromatic heterocycles. The van der Waals surface area contributed by atoms with Crippen LogP contribution in [-0.4, -0.2) is 53.8 Å². The number of likely N-dealkylation sites (tertiary alicyclic amines) is 1. The van der Waals surface area contributed by atoms with Gasteiger partial charge in [-0.25, -0.2) is 0 Å². The molecule has 2 rings (SSSR count). The van der Waals surface area contributed by atoms with Gasteiger partial charge in [0.1, 0.15) is 0 Å². The maximum atomic E-state index is 12.9. The number of carbonyl (C=O) groups excluding carboxylic acids is 2. The van der Waals surface area contributed by atoms with Gasteiger partial charge in [-0.15, -0.1) is 0 Å². The van der Waals surface area contributed by atoms with Crippen LogP contribution in [0.5, 0.6) is 0 Å². The van der Waals surface area contributed by atoms with E-state index in [1.807, 2.05) is 18.2 Å². The van der Waals surface area contributed by atoms with Gasteiger partial charge < -0.3 is 9.80 Å². The molecule has 1 aliphatic rings. The van der Waals surface area contributed by atoms with E-state index in [0.717, 1.165) is 37.8 Å². The molecule has 0 N–H and O–H groups in total. The van der Waals surface area contributed by atoms with Crippen molar-refractivity contribution in [2.75, 3.05) is 27.2 Å². The van der Waals surface area contributed by atoms with Crippen molar-refractivity contribution >= 4 is 11.8 Å². The largest absolute Gasteiger partial charge is 0.348 e. The lowest BCUT2D eigenvalue weighted by atomic mass is 9.74. The maximum Gasteiger partial charge on any atom is 0.298 e. The Labute approximate surface area is 150 Å². The summed E-state index contributed by atoms with van der Waals surface area (Å²) in [5, 5.41) is 0. The van der Waals surface area contributed by atoms with Gasteiger partial charge in [0.25, 0.3) is 5.91 Å². The fraction of sp³-hybridized carbons (Fsp3) is 0.550. The predicted molar refractivity (Wildman–Crippen MR) is 97.6 cm³/mol. The van der Waals surface area contributed by atoms with Crippen LogP contribution in [0.25, 0.3) is 0 Å². The summed E-state index contributed by atoms with van der Waals surface area (Å²) in [6.07, 6.45) is 5.91. The van der Waals surface area contributed by atoms with Crippen LogP contribution in [0.1, 0.15) is 38.3 Å². The quantitative estimate of drug-likeness (QED) is 0.771. The van der Waals surface area contributed by atoms with E-state index in [1.165, 1.54) is 0 Å². The minimum absolute atomic E-state index is 0.107. The van der Waals surface area contributed by atoms with Crippen molar-refractivity contribution in [1.82, 2.24) is 14.8 Å². The van der Waals surface area contributed by atoms with Crippen molar-refractivity contribution in [2.24, 2.45) is 5.41 Å². The topological polar surface area (TPSA) is 53.5 Å². The molecule has 5 nitrogen and oxygen atoms in total. The third-order valence-corrected chi connectivity index (χ3v) is 4.77. The number of aryl methyl sites for hydroxylation is 1. The van der Waals surface area contributed by atoms with E-state index in [2.05, 4.69) is 16.8 Å². The molecule has 1 unspecified atom stereocenters. The van der Waals surface area contributed by atoms with Gasteiger partial charge in [0.05, 0.1) is 5.41 Å². The lowest BCUT2D eigenvalue weighted by molar-refractivity contribution is -0.146. The molecule has 1 fully saturated rings. The summed E-state index contributed by atoms with van der Waals surface area (Å²) in [5.74, 6) is 5.20. The first-order valence-corrected chi connectivity index (χ1v) is 8.82. The van der Waals surface area contributed by atoms with Gasteiger partial charge in [0.2, 0.25) is 5.91 Å². The Bertz CT molecular complexity index is 661. The molecule has 0 spiro atoms. The zero-order valence-corrected chi connectivity index (χ0v) is 15.4. The van der Waals surface area contributed by atoms with Gasteiger partial charge in [-0.2, -0.15) is 0 Å². The second-order valence-electron chi connectivity index (χ2n) is 6.86. The standard InChI is InChI=1S/C20H27N3O2/c1-4-9-18(24)23-15-8-13-20(16-23,19(25)22(2)3)12-7-11-17-10-5-6-14-21-17/h5-6,10,14H,7-8,11-13,15-16H2,1-3H3. The zero-order valence-electron chi connectivity index (χ0n) is 15.4. The normalized spacial score (nSPS) is 19.7.